The summed E-state index contributed by atoms with van der Waals surface area (Å²) in [6, 6.07) is 18.1. The Hall–Kier alpha value is -2.13. The Bertz CT molecular complexity index is 525. The minimum atomic E-state index is -0.743. The monoisotopic (exact) mass is 255 g/mol. The topological polar surface area (TPSA) is 52.3 Å². The highest BCUT2D eigenvalue weighted by Gasteiger charge is 2.20. The largest absolute Gasteiger partial charge is 0.456 e. The predicted octanol–water partition coefficient (Wildman–Crippen LogP) is 2.99. The van der Waals surface area contributed by atoms with E-state index >= 15 is 0 Å². The molecule has 1 unspecified atom stereocenters. The maximum Gasteiger partial charge on any atom is 0.328 e. The van der Waals surface area contributed by atoms with Crippen molar-refractivity contribution in [2.75, 3.05) is 0 Å². The number of esters is 1. The average molecular weight is 255 g/mol. The van der Waals surface area contributed by atoms with Crippen molar-refractivity contribution in [1.29, 1.82) is 0 Å². The minimum Gasteiger partial charge on any atom is -0.456 e. The van der Waals surface area contributed by atoms with E-state index in [4.69, 9.17) is 10.5 Å². The van der Waals surface area contributed by atoms with Crippen LogP contribution in [-0.4, -0.2) is 5.97 Å². The van der Waals surface area contributed by atoms with Crippen LogP contribution in [0.25, 0.3) is 0 Å². The van der Waals surface area contributed by atoms with Crippen molar-refractivity contribution < 1.29 is 9.53 Å². The Labute approximate surface area is 113 Å². The fourth-order valence-electron chi connectivity index (χ4n) is 1.84. The number of hydrogen-bond acceptors (Lipinski definition) is 3. The average Bonchev–Trinajstić information content (AvgIpc) is 2.48. The number of carbonyl (C=O) groups is 1. The molecule has 0 radical (unpaired) electrons. The third kappa shape index (κ3) is 3.42. The van der Waals surface area contributed by atoms with E-state index in [1.54, 1.807) is 0 Å². The molecule has 0 fully saturated rings. The highest BCUT2D eigenvalue weighted by atomic mass is 16.5. The van der Waals surface area contributed by atoms with Crippen LogP contribution in [0.15, 0.2) is 60.7 Å². The van der Waals surface area contributed by atoms with Crippen LogP contribution >= 0.6 is 0 Å². The molecule has 0 bridgehead atoms. The second-order valence-corrected chi connectivity index (χ2v) is 4.38. The molecule has 0 aliphatic carbocycles. The van der Waals surface area contributed by atoms with Crippen molar-refractivity contribution >= 4 is 5.97 Å². The van der Waals surface area contributed by atoms with E-state index in [1.165, 1.54) is 0 Å². The predicted molar refractivity (Wildman–Crippen MR) is 74.3 cm³/mol. The van der Waals surface area contributed by atoms with Crippen LogP contribution in [0.5, 0.6) is 0 Å². The second kappa shape index (κ2) is 6.16. The number of benzene rings is 2. The summed E-state index contributed by atoms with van der Waals surface area (Å²) in [4.78, 5) is 12.0. The molecule has 2 atom stereocenters. The third-order valence-electron chi connectivity index (χ3n) is 2.97. The molecule has 3 nitrogen and oxygen atoms in total. The van der Waals surface area contributed by atoms with Gasteiger partial charge in [-0.25, -0.2) is 4.79 Å². The molecule has 0 aliphatic rings. The Morgan fingerprint density at radius 1 is 0.947 bits per heavy atom. The van der Waals surface area contributed by atoms with Crippen LogP contribution in [0.1, 0.15) is 30.2 Å². The Morgan fingerprint density at radius 2 is 1.42 bits per heavy atom. The summed E-state index contributed by atoms with van der Waals surface area (Å²) in [5.41, 5.74) is 7.60. The SMILES string of the molecule is CC(OC(=O)[C@H](N)c1ccccc1)c1ccccc1. The standard InChI is InChI=1S/C16H17NO2/c1-12(13-8-4-2-5-9-13)19-16(18)15(17)14-10-6-3-7-11-14/h2-12,15H,17H2,1H3/t12?,15-/m1/s1. The van der Waals surface area contributed by atoms with E-state index in [9.17, 15) is 4.79 Å². The number of nitrogens with two attached hydrogens (primary N) is 1. The maximum atomic E-state index is 12.0. The minimum absolute atomic E-state index is 0.302. The summed E-state index contributed by atoms with van der Waals surface area (Å²) >= 11 is 0. The van der Waals surface area contributed by atoms with Crippen LogP contribution < -0.4 is 5.73 Å². The molecule has 2 N–H and O–H groups in total. The Morgan fingerprint density at radius 3 is 1.95 bits per heavy atom. The molecule has 0 amide bonds. The van der Waals surface area contributed by atoms with Gasteiger partial charge < -0.3 is 10.5 Å². The summed E-state index contributed by atoms with van der Waals surface area (Å²) < 4.78 is 5.39. The molecule has 0 aliphatic heterocycles. The number of ether oxygens (including phenoxy) is 1. The Kier molecular flexibility index (Phi) is 4.31. The molecule has 0 saturated heterocycles. The van der Waals surface area contributed by atoms with Gasteiger partial charge in [0.05, 0.1) is 0 Å². The molecule has 0 saturated carbocycles. The van der Waals surface area contributed by atoms with Gasteiger partial charge in [0.25, 0.3) is 0 Å². The summed E-state index contributed by atoms with van der Waals surface area (Å²) in [7, 11) is 0. The van der Waals surface area contributed by atoms with Crippen LogP contribution in [0.4, 0.5) is 0 Å². The van der Waals surface area contributed by atoms with Crippen LogP contribution in [0.2, 0.25) is 0 Å². The van der Waals surface area contributed by atoms with Gasteiger partial charge in [0.2, 0.25) is 0 Å². The first-order valence-electron chi connectivity index (χ1n) is 6.24. The van der Waals surface area contributed by atoms with Gasteiger partial charge in [0.15, 0.2) is 0 Å². The highest BCUT2D eigenvalue weighted by Crippen LogP contribution is 2.19. The van der Waals surface area contributed by atoms with Crippen LogP contribution in [0, 0.1) is 0 Å². The van der Waals surface area contributed by atoms with Gasteiger partial charge in [-0.15, -0.1) is 0 Å². The number of carbonyl (C=O) groups excluding carboxylic acids is 1. The Balaban J connectivity index is 2.02. The van der Waals surface area contributed by atoms with E-state index in [1.807, 2.05) is 67.6 Å². The lowest BCUT2D eigenvalue weighted by atomic mass is 10.1. The lowest BCUT2D eigenvalue weighted by molar-refractivity contribution is -0.150. The van der Waals surface area contributed by atoms with Crippen molar-refractivity contribution in [2.24, 2.45) is 5.73 Å². The molecule has 3 heteroatoms. The van der Waals surface area contributed by atoms with Gasteiger partial charge in [-0.3, -0.25) is 0 Å². The third-order valence-corrected chi connectivity index (χ3v) is 2.97. The zero-order valence-corrected chi connectivity index (χ0v) is 10.8. The quantitative estimate of drug-likeness (QED) is 0.854. The lowest BCUT2D eigenvalue weighted by Crippen LogP contribution is -2.24. The maximum absolute atomic E-state index is 12.0. The molecule has 2 rings (SSSR count). The summed E-state index contributed by atoms with van der Waals surface area (Å²) in [6.45, 7) is 1.84. The fourth-order valence-corrected chi connectivity index (χ4v) is 1.84. The first kappa shape index (κ1) is 13.3. The van der Waals surface area contributed by atoms with E-state index in [-0.39, 0.29) is 6.10 Å². The van der Waals surface area contributed by atoms with Crippen molar-refractivity contribution in [3.8, 4) is 0 Å². The van der Waals surface area contributed by atoms with Gasteiger partial charge >= 0.3 is 5.97 Å². The molecular weight excluding hydrogens is 238 g/mol. The van der Waals surface area contributed by atoms with Crippen molar-refractivity contribution in [2.45, 2.75) is 19.1 Å². The molecule has 0 spiro atoms. The summed E-state index contributed by atoms with van der Waals surface area (Å²) in [6.07, 6.45) is -0.302. The summed E-state index contributed by atoms with van der Waals surface area (Å²) in [5, 5.41) is 0. The van der Waals surface area contributed by atoms with Crippen molar-refractivity contribution in [1.82, 2.24) is 0 Å². The van der Waals surface area contributed by atoms with Crippen LogP contribution in [0.3, 0.4) is 0 Å². The van der Waals surface area contributed by atoms with Crippen molar-refractivity contribution in [3.63, 3.8) is 0 Å². The molecular formula is C16H17NO2. The second-order valence-electron chi connectivity index (χ2n) is 4.38. The van der Waals surface area contributed by atoms with Gasteiger partial charge in [0, 0.05) is 0 Å². The van der Waals surface area contributed by atoms with Gasteiger partial charge in [-0.2, -0.15) is 0 Å². The first-order valence-corrected chi connectivity index (χ1v) is 6.24. The van der Waals surface area contributed by atoms with Crippen molar-refractivity contribution in [3.05, 3.63) is 71.8 Å². The molecule has 19 heavy (non-hydrogen) atoms. The van der Waals surface area contributed by atoms with E-state index < -0.39 is 12.0 Å². The molecule has 2 aromatic rings. The first-order chi connectivity index (χ1) is 9.18. The zero-order chi connectivity index (χ0) is 13.7. The van der Waals surface area contributed by atoms with E-state index in [0.29, 0.717) is 0 Å². The van der Waals surface area contributed by atoms with Gasteiger partial charge in [0.1, 0.15) is 12.1 Å². The number of rotatable bonds is 4. The van der Waals surface area contributed by atoms with E-state index in [0.717, 1.165) is 11.1 Å². The highest BCUT2D eigenvalue weighted by molar-refractivity contribution is 5.77. The summed E-state index contributed by atoms with van der Waals surface area (Å²) in [5.74, 6) is -0.414. The zero-order valence-electron chi connectivity index (χ0n) is 10.8. The molecule has 0 aromatic heterocycles. The van der Waals surface area contributed by atoms with Crippen LogP contribution in [-0.2, 0) is 9.53 Å². The molecule has 98 valence electrons. The normalized spacial score (nSPS) is 13.6. The molecule has 0 heterocycles. The van der Waals surface area contributed by atoms with Gasteiger partial charge in [-0.05, 0) is 18.1 Å². The number of hydrogen-bond donors (Lipinski definition) is 1. The smallest absolute Gasteiger partial charge is 0.328 e. The van der Waals surface area contributed by atoms with E-state index in [2.05, 4.69) is 0 Å². The molecule has 2 aromatic carbocycles. The fraction of sp³-hybridized carbons (Fsp3) is 0.188. The lowest BCUT2D eigenvalue weighted by Gasteiger charge is -2.17. The van der Waals surface area contributed by atoms with Gasteiger partial charge in [-0.1, -0.05) is 60.7 Å².